The number of nitrogens with one attached hydrogen (secondary N) is 1. The molecule has 5 heteroatoms. The summed E-state index contributed by atoms with van der Waals surface area (Å²) in [5.41, 5.74) is 3.16. The van der Waals surface area contributed by atoms with Crippen LogP contribution in [-0.2, 0) is 16.0 Å². The Morgan fingerprint density at radius 2 is 1.66 bits per heavy atom. The van der Waals surface area contributed by atoms with Gasteiger partial charge in [0.1, 0.15) is 0 Å². The number of likely N-dealkylation sites (tertiary alicyclic amines) is 1. The van der Waals surface area contributed by atoms with Gasteiger partial charge in [-0.15, -0.1) is 0 Å². The Bertz CT molecular complexity index is 859. The van der Waals surface area contributed by atoms with Gasteiger partial charge in [-0.05, 0) is 69.5 Å². The van der Waals surface area contributed by atoms with Crippen LogP contribution in [0.15, 0.2) is 54.6 Å². The smallest absolute Gasteiger partial charge is 0.241 e. The van der Waals surface area contributed by atoms with E-state index in [0.29, 0.717) is 6.54 Å². The van der Waals surface area contributed by atoms with Crippen molar-refractivity contribution in [1.29, 1.82) is 0 Å². The van der Waals surface area contributed by atoms with Crippen molar-refractivity contribution >= 4 is 23.2 Å². The minimum atomic E-state index is 0.0104. The Morgan fingerprint density at radius 3 is 2.41 bits per heavy atom. The summed E-state index contributed by atoms with van der Waals surface area (Å²) in [5.74, 6) is 0.258. The van der Waals surface area contributed by atoms with Crippen LogP contribution in [0.4, 0.5) is 11.4 Å². The summed E-state index contributed by atoms with van der Waals surface area (Å²) in [7, 11) is 0. The molecule has 2 aliphatic heterocycles. The van der Waals surface area contributed by atoms with E-state index in [1.165, 1.54) is 5.56 Å². The highest BCUT2D eigenvalue weighted by Gasteiger charge is 2.31. The van der Waals surface area contributed by atoms with Gasteiger partial charge in [0.15, 0.2) is 0 Å². The number of amides is 2. The van der Waals surface area contributed by atoms with Gasteiger partial charge in [-0.3, -0.25) is 14.5 Å². The van der Waals surface area contributed by atoms with Crippen molar-refractivity contribution in [1.82, 2.24) is 4.90 Å². The zero-order valence-corrected chi connectivity index (χ0v) is 17.0. The van der Waals surface area contributed by atoms with E-state index in [9.17, 15) is 9.59 Å². The Labute approximate surface area is 172 Å². The largest absolute Gasteiger partial charge is 0.326 e. The SMILES string of the molecule is C[C@@H]1CCc2ccccc2N1C(=O)CN1CCC(C(=O)Nc2ccccc2)CC1. The van der Waals surface area contributed by atoms with Gasteiger partial charge in [-0.1, -0.05) is 36.4 Å². The van der Waals surface area contributed by atoms with E-state index in [1.54, 1.807) is 0 Å². The molecule has 0 spiro atoms. The molecule has 1 atom stereocenters. The van der Waals surface area contributed by atoms with Crippen molar-refractivity contribution in [3.8, 4) is 0 Å². The van der Waals surface area contributed by atoms with Gasteiger partial charge in [0.2, 0.25) is 11.8 Å². The van der Waals surface area contributed by atoms with E-state index >= 15 is 0 Å². The number of hydrogen-bond acceptors (Lipinski definition) is 3. The van der Waals surface area contributed by atoms with Crippen LogP contribution in [-0.4, -0.2) is 42.4 Å². The average Bonchev–Trinajstić information content (AvgIpc) is 2.74. The minimum absolute atomic E-state index is 0.0104. The molecule has 0 unspecified atom stereocenters. The zero-order valence-electron chi connectivity index (χ0n) is 17.0. The van der Waals surface area contributed by atoms with Crippen molar-refractivity contribution in [2.75, 3.05) is 29.9 Å². The molecule has 2 aromatic carbocycles. The summed E-state index contributed by atoms with van der Waals surface area (Å²) in [6, 6.07) is 18.1. The van der Waals surface area contributed by atoms with Gasteiger partial charge >= 0.3 is 0 Å². The predicted octanol–water partition coefficient (Wildman–Crippen LogP) is 3.71. The topological polar surface area (TPSA) is 52.7 Å². The van der Waals surface area contributed by atoms with Crippen LogP contribution in [0, 0.1) is 5.92 Å². The number of anilines is 2. The van der Waals surface area contributed by atoms with Crippen LogP contribution < -0.4 is 10.2 Å². The molecule has 2 amide bonds. The number of hydrogen-bond donors (Lipinski definition) is 1. The molecule has 2 aromatic rings. The molecule has 5 nitrogen and oxygen atoms in total. The van der Waals surface area contributed by atoms with E-state index < -0.39 is 0 Å². The Morgan fingerprint density at radius 1 is 0.966 bits per heavy atom. The summed E-state index contributed by atoms with van der Waals surface area (Å²) >= 11 is 0. The van der Waals surface area contributed by atoms with Crippen molar-refractivity contribution in [2.24, 2.45) is 5.92 Å². The minimum Gasteiger partial charge on any atom is -0.326 e. The highest BCUT2D eigenvalue weighted by atomic mass is 16.2. The van der Waals surface area contributed by atoms with Crippen molar-refractivity contribution in [2.45, 2.75) is 38.6 Å². The third-order valence-corrected chi connectivity index (χ3v) is 6.15. The zero-order chi connectivity index (χ0) is 20.2. The highest BCUT2D eigenvalue weighted by molar-refractivity contribution is 5.96. The fraction of sp³-hybridized carbons (Fsp3) is 0.417. The van der Waals surface area contributed by atoms with Crippen LogP contribution >= 0.6 is 0 Å². The molecule has 152 valence electrons. The van der Waals surface area contributed by atoms with Crippen molar-refractivity contribution in [3.05, 3.63) is 60.2 Å². The molecule has 0 aliphatic carbocycles. The summed E-state index contributed by atoms with van der Waals surface area (Å²) in [6.45, 7) is 4.12. The van der Waals surface area contributed by atoms with Crippen LogP contribution in [0.2, 0.25) is 0 Å². The molecule has 1 saturated heterocycles. The highest BCUT2D eigenvalue weighted by Crippen LogP contribution is 2.31. The second-order valence-electron chi connectivity index (χ2n) is 8.19. The number of aryl methyl sites for hydroxylation is 1. The standard InChI is InChI=1S/C24H29N3O2/c1-18-11-12-19-7-5-6-10-22(19)27(18)23(28)17-26-15-13-20(14-16-26)24(29)25-21-8-3-2-4-9-21/h2-10,18,20H,11-17H2,1H3,(H,25,29)/t18-/m1/s1. The first-order valence-electron chi connectivity index (χ1n) is 10.6. The van der Waals surface area contributed by atoms with Crippen LogP contribution in [0.25, 0.3) is 0 Å². The first-order chi connectivity index (χ1) is 14.1. The van der Waals surface area contributed by atoms with Crippen LogP contribution in [0.5, 0.6) is 0 Å². The summed E-state index contributed by atoms with van der Waals surface area (Å²) in [6.07, 6.45) is 3.61. The molecule has 0 bridgehead atoms. The van der Waals surface area contributed by atoms with Crippen LogP contribution in [0.3, 0.4) is 0 Å². The maximum absolute atomic E-state index is 13.1. The molecule has 0 saturated carbocycles. The molecular formula is C24H29N3O2. The van der Waals surface area contributed by atoms with Gasteiger partial charge in [-0.25, -0.2) is 0 Å². The number of piperidine rings is 1. The molecule has 1 fully saturated rings. The molecule has 2 heterocycles. The first kappa shape index (κ1) is 19.6. The quantitative estimate of drug-likeness (QED) is 0.865. The lowest BCUT2D eigenvalue weighted by molar-refractivity contribution is -0.122. The number of benzene rings is 2. The Kier molecular flexibility index (Phi) is 5.95. The molecule has 4 rings (SSSR count). The fourth-order valence-corrected chi connectivity index (χ4v) is 4.45. The number of fused-ring (bicyclic) bond motifs is 1. The van der Waals surface area contributed by atoms with E-state index in [4.69, 9.17) is 0 Å². The number of carbonyl (C=O) groups is 2. The predicted molar refractivity (Wildman–Crippen MR) is 116 cm³/mol. The number of rotatable bonds is 4. The Hall–Kier alpha value is -2.66. The van der Waals surface area contributed by atoms with Crippen molar-refractivity contribution in [3.63, 3.8) is 0 Å². The van der Waals surface area contributed by atoms with E-state index in [-0.39, 0.29) is 23.8 Å². The summed E-state index contributed by atoms with van der Waals surface area (Å²) in [5, 5.41) is 3.00. The second-order valence-corrected chi connectivity index (χ2v) is 8.19. The Balaban J connectivity index is 1.32. The van der Waals surface area contributed by atoms with Crippen molar-refractivity contribution < 1.29 is 9.59 Å². The number of nitrogens with zero attached hydrogens (tertiary/aromatic N) is 2. The maximum Gasteiger partial charge on any atom is 0.241 e. The number of carbonyl (C=O) groups excluding carboxylic acids is 2. The molecule has 1 N–H and O–H groups in total. The summed E-state index contributed by atoms with van der Waals surface area (Å²) in [4.78, 5) is 29.8. The van der Waals surface area contributed by atoms with Gasteiger partial charge < -0.3 is 10.2 Å². The maximum atomic E-state index is 13.1. The van der Waals surface area contributed by atoms with Gasteiger partial charge in [0, 0.05) is 23.3 Å². The molecule has 29 heavy (non-hydrogen) atoms. The monoisotopic (exact) mass is 391 g/mol. The second kappa shape index (κ2) is 8.78. The lowest BCUT2D eigenvalue weighted by atomic mass is 9.95. The molecule has 0 radical (unpaired) electrons. The third kappa shape index (κ3) is 4.51. The van der Waals surface area contributed by atoms with Gasteiger partial charge in [-0.2, -0.15) is 0 Å². The molecular weight excluding hydrogens is 362 g/mol. The van der Waals surface area contributed by atoms with E-state index in [0.717, 1.165) is 50.1 Å². The van der Waals surface area contributed by atoms with E-state index in [1.807, 2.05) is 47.4 Å². The average molecular weight is 392 g/mol. The third-order valence-electron chi connectivity index (χ3n) is 6.15. The summed E-state index contributed by atoms with van der Waals surface area (Å²) < 4.78 is 0. The van der Waals surface area contributed by atoms with Crippen LogP contribution in [0.1, 0.15) is 31.7 Å². The van der Waals surface area contributed by atoms with Gasteiger partial charge in [0.25, 0.3) is 0 Å². The molecule has 0 aromatic heterocycles. The normalized spacial score (nSPS) is 20.2. The fourth-order valence-electron chi connectivity index (χ4n) is 4.45. The first-order valence-corrected chi connectivity index (χ1v) is 10.6. The van der Waals surface area contributed by atoms with E-state index in [2.05, 4.69) is 29.3 Å². The lowest BCUT2D eigenvalue weighted by Crippen LogP contribution is -2.49. The lowest BCUT2D eigenvalue weighted by Gasteiger charge is -2.38. The number of para-hydroxylation sites is 2. The van der Waals surface area contributed by atoms with Gasteiger partial charge in [0.05, 0.1) is 6.54 Å². The molecule has 2 aliphatic rings.